The van der Waals surface area contributed by atoms with Gasteiger partial charge in [0.05, 0.1) is 4.90 Å². The maximum Gasteiger partial charge on any atom is 0.240 e. The molecule has 0 unspecified atom stereocenters. The van der Waals surface area contributed by atoms with E-state index in [1.165, 1.54) is 0 Å². The van der Waals surface area contributed by atoms with Crippen molar-refractivity contribution in [3.05, 3.63) is 29.3 Å². The summed E-state index contributed by atoms with van der Waals surface area (Å²) in [6.45, 7) is 6.32. The Bertz CT molecular complexity index is 515. The fourth-order valence-corrected chi connectivity index (χ4v) is 3.26. The summed E-state index contributed by atoms with van der Waals surface area (Å²) in [4.78, 5) is 0.352. The molecule has 0 bridgehead atoms. The highest BCUT2D eigenvalue weighted by Gasteiger charge is 2.17. The summed E-state index contributed by atoms with van der Waals surface area (Å²) in [7, 11) is -1.85. The second-order valence-corrected chi connectivity index (χ2v) is 6.30. The van der Waals surface area contributed by atoms with Crippen molar-refractivity contribution in [3.8, 4) is 0 Å². The van der Waals surface area contributed by atoms with Crippen molar-refractivity contribution in [2.24, 2.45) is 0 Å². The van der Waals surface area contributed by atoms with Gasteiger partial charge in [-0.25, -0.2) is 13.1 Å². The van der Waals surface area contributed by atoms with E-state index >= 15 is 0 Å². The number of hydrogen-bond donors (Lipinski definition) is 2. The molecule has 20 heavy (non-hydrogen) atoms. The van der Waals surface area contributed by atoms with E-state index in [1.807, 2.05) is 19.9 Å². The summed E-state index contributed by atoms with van der Waals surface area (Å²) in [5.74, 6) is 0. The number of nitrogens with one attached hydrogen (secondary N) is 2. The zero-order valence-corrected chi connectivity index (χ0v) is 13.2. The normalized spacial score (nSPS) is 11.8. The van der Waals surface area contributed by atoms with Gasteiger partial charge in [-0.1, -0.05) is 19.1 Å². The minimum atomic E-state index is -3.45. The Morgan fingerprint density at radius 1 is 1.30 bits per heavy atom. The fraction of sp³-hybridized carbons (Fsp3) is 0.571. The molecule has 0 atom stereocenters. The van der Waals surface area contributed by atoms with E-state index in [9.17, 15) is 8.42 Å². The van der Waals surface area contributed by atoms with Crippen LogP contribution in [-0.4, -0.2) is 35.2 Å². The summed E-state index contributed by atoms with van der Waals surface area (Å²) in [5.41, 5.74) is 1.80. The van der Waals surface area contributed by atoms with Crippen LogP contribution < -0.4 is 10.0 Å². The van der Waals surface area contributed by atoms with E-state index in [4.69, 9.17) is 4.74 Å². The number of rotatable bonds is 9. The molecule has 0 heterocycles. The molecule has 0 amide bonds. The average Bonchev–Trinajstić information content (AvgIpc) is 2.42. The third-order valence-electron chi connectivity index (χ3n) is 3.07. The molecule has 0 aliphatic heterocycles. The molecule has 0 saturated carbocycles. The van der Waals surface area contributed by atoms with Gasteiger partial charge in [0, 0.05) is 26.8 Å². The van der Waals surface area contributed by atoms with Crippen LogP contribution in [0.4, 0.5) is 0 Å². The molecule has 1 rings (SSSR count). The summed E-state index contributed by atoms with van der Waals surface area (Å²) in [5, 5.41) is 3.21. The van der Waals surface area contributed by atoms with Crippen LogP contribution in [0.5, 0.6) is 0 Å². The first kappa shape index (κ1) is 17.1. The lowest BCUT2D eigenvalue weighted by Crippen LogP contribution is -2.26. The Morgan fingerprint density at radius 2 is 2.05 bits per heavy atom. The largest absolute Gasteiger partial charge is 0.385 e. The van der Waals surface area contributed by atoms with Gasteiger partial charge in [0.1, 0.15) is 0 Å². The van der Waals surface area contributed by atoms with Gasteiger partial charge < -0.3 is 10.1 Å². The zero-order chi connectivity index (χ0) is 15.0. The molecule has 114 valence electrons. The highest BCUT2D eigenvalue weighted by Crippen LogP contribution is 2.18. The Balaban J connectivity index is 2.83. The monoisotopic (exact) mass is 300 g/mol. The lowest BCUT2D eigenvalue weighted by molar-refractivity contribution is 0.196. The maximum atomic E-state index is 12.3. The van der Waals surface area contributed by atoms with E-state index in [-0.39, 0.29) is 0 Å². The molecule has 0 spiro atoms. The second kappa shape index (κ2) is 8.36. The maximum absolute atomic E-state index is 12.3. The topological polar surface area (TPSA) is 67.4 Å². The van der Waals surface area contributed by atoms with Crippen molar-refractivity contribution in [2.45, 2.75) is 31.7 Å². The Labute approximate surface area is 121 Å². The van der Waals surface area contributed by atoms with Gasteiger partial charge in [-0.05, 0) is 37.1 Å². The molecular formula is C14H24N2O3S. The lowest BCUT2D eigenvalue weighted by atomic mass is 10.1. The smallest absolute Gasteiger partial charge is 0.240 e. The predicted octanol–water partition coefficient (Wildman–Crippen LogP) is 1.42. The predicted molar refractivity (Wildman–Crippen MR) is 80.2 cm³/mol. The van der Waals surface area contributed by atoms with Gasteiger partial charge in [0.2, 0.25) is 10.0 Å². The molecule has 1 aromatic rings. The van der Waals surface area contributed by atoms with Crippen molar-refractivity contribution in [1.82, 2.24) is 10.0 Å². The first-order valence-corrected chi connectivity index (χ1v) is 8.29. The Kier molecular flexibility index (Phi) is 7.15. The number of methoxy groups -OCH3 is 1. The third kappa shape index (κ3) is 4.86. The molecule has 6 heteroatoms. The van der Waals surface area contributed by atoms with Crippen LogP contribution in [0.2, 0.25) is 0 Å². The van der Waals surface area contributed by atoms with Crippen molar-refractivity contribution >= 4 is 10.0 Å². The van der Waals surface area contributed by atoms with Crippen LogP contribution in [0.25, 0.3) is 0 Å². The summed E-state index contributed by atoms with van der Waals surface area (Å²) in [6.07, 6.45) is 0.659. The molecule has 0 saturated heterocycles. The molecule has 5 nitrogen and oxygen atoms in total. The highest BCUT2D eigenvalue weighted by atomic mass is 32.2. The molecule has 0 radical (unpaired) electrons. The van der Waals surface area contributed by atoms with Gasteiger partial charge in [-0.3, -0.25) is 0 Å². The number of ether oxygens (including phenoxy) is 1. The van der Waals surface area contributed by atoms with Crippen LogP contribution in [-0.2, 0) is 21.3 Å². The summed E-state index contributed by atoms with van der Waals surface area (Å²) in [6, 6.07) is 5.37. The fourth-order valence-electron chi connectivity index (χ4n) is 1.90. The quantitative estimate of drug-likeness (QED) is 0.677. The van der Waals surface area contributed by atoms with Crippen molar-refractivity contribution < 1.29 is 13.2 Å². The number of benzene rings is 1. The molecular weight excluding hydrogens is 276 g/mol. The minimum absolute atomic E-state index is 0.352. The standard InChI is InChI=1S/C14H24N2O3S/c1-4-15-11-13-7-5-8-14(12(13)2)20(17,18)16-9-6-10-19-3/h5,7-8,15-16H,4,6,9-11H2,1-3H3. The molecule has 0 aliphatic carbocycles. The van der Waals surface area contributed by atoms with E-state index in [0.29, 0.717) is 31.0 Å². The van der Waals surface area contributed by atoms with E-state index < -0.39 is 10.0 Å². The SMILES string of the molecule is CCNCc1cccc(S(=O)(=O)NCCCOC)c1C. The number of hydrogen-bond acceptors (Lipinski definition) is 4. The lowest BCUT2D eigenvalue weighted by Gasteiger charge is -2.13. The van der Waals surface area contributed by atoms with Crippen molar-refractivity contribution in [2.75, 3.05) is 26.8 Å². The summed E-state index contributed by atoms with van der Waals surface area (Å²) >= 11 is 0. The van der Waals surface area contributed by atoms with Gasteiger partial charge in [-0.2, -0.15) is 0 Å². The first-order chi connectivity index (χ1) is 9.53. The Morgan fingerprint density at radius 3 is 2.70 bits per heavy atom. The van der Waals surface area contributed by atoms with Crippen LogP contribution in [0, 0.1) is 6.92 Å². The molecule has 0 fully saturated rings. The van der Waals surface area contributed by atoms with Crippen LogP contribution in [0.1, 0.15) is 24.5 Å². The molecule has 2 N–H and O–H groups in total. The van der Waals surface area contributed by atoms with Crippen LogP contribution in [0.3, 0.4) is 0 Å². The van der Waals surface area contributed by atoms with Gasteiger partial charge >= 0.3 is 0 Å². The highest BCUT2D eigenvalue weighted by molar-refractivity contribution is 7.89. The van der Waals surface area contributed by atoms with E-state index in [0.717, 1.165) is 17.7 Å². The Hall–Kier alpha value is -0.950. The molecule has 0 aromatic heterocycles. The third-order valence-corrected chi connectivity index (χ3v) is 4.67. The van der Waals surface area contributed by atoms with Crippen LogP contribution >= 0.6 is 0 Å². The van der Waals surface area contributed by atoms with Gasteiger partial charge in [0.15, 0.2) is 0 Å². The van der Waals surface area contributed by atoms with E-state index in [1.54, 1.807) is 19.2 Å². The first-order valence-electron chi connectivity index (χ1n) is 6.80. The summed E-state index contributed by atoms with van der Waals surface area (Å²) < 4.78 is 32.1. The van der Waals surface area contributed by atoms with Gasteiger partial charge in [0.25, 0.3) is 0 Å². The zero-order valence-electron chi connectivity index (χ0n) is 12.4. The molecule has 0 aliphatic rings. The molecule has 1 aromatic carbocycles. The van der Waals surface area contributed by atoms with Crippen molar-refractivity contribution in [3.63, 3.8) is 0 Å². The van der Waals surface area contributed by atoms with Gasteiger partial charge in [-0.15, -0.1) is 0 Å². The van der Waals surface area contributed by atoms with E-state index in [2.05, 4.69) is 10.0 Å². The number of sulfonamides is 1. The average molecular weight is 300 g/mol. The second-order valence-electron chi connectivity index (χ2n) is 4.56. The van der Waals surface area contributed by atoms with Crippen molar-refractivity contribution in [1.29, 1.82) is 0 Å². The minimum Gasteiger partial charge on any atom is -0.385 e. The van der Waals surface area contributed by atoms with Crippen LogP contribution in [0.15, 0.2) is 23.1 Å².